The number of ether oxygens (including phenoxy) is 3. The van der Waals surface area contributed by atoms with Gasteiger partial charge in [0.1, 0.15) is 11.3 Å². The van der Waals surface area contributed by atoms with Gasteiger partial charge < -0.3 is 14.2 Å². The zero-order chi connectivity index (χ0) is 16.0. The van der Waals surface area contributed by atoms with Crippen LogP contribution in [-0.2, 0) is 20.0 Å². The molecule has 1 rings (SSSR count). The fourth-order valence-electron chi connectivity index (χ4n) is 1.59. The van der Waals surface area contributed by atoms with E-state index in [1.165, 1.54) is 33.1 Å². The molecule has 0 aliphatic carbocycles. The highest BCUT2D eigenvalue weighted by molar-refractivity contribution is 9.10. The Morgan fingerprint density at radius 2 is 1.90 bits per heavy atom. The maximum Gasteiger partial charge on any atom is 0.341 e. The van der Waals surface area contributed by atoms with E-state index in [9.17, 15) is 9.59 Å². The molecular weight excluding hydrogens is 360 g/mol. The molecule has 0 heterocycles. The van der Waals surface area contributed by atoms with Crippen LogP contribution in [0.1, 0.15) is 22.8 Å². The Balaban J connectivity index is 2.94. The molecule has 1 atom stereocenters. The van der Waals surface area contributed by atoms with Gasteiger partial charge in [-0.25, -0.2) is 4.79 Å². The van der Waals surface area contributed by atoms with E-state index in [1.807, 2.05) is 0 Å². The summed E-state index contributed by atoms with van der Waals surface area (Å²) in [6.07, 6.45) is 0. The van der Waals surface area contributed by atoms with Crippen LogP contribution in [0.25, 0.3) is 0 Å². The van der Waals surface area contributed by atoms with Crippen molar-refractivity contribution in [3.63, 3.8) is 0 Å². The van der Waals surface area contributed by atoms with Crippen LogP contribution in [-0.4, -0.2) is 38.5 Å². The van der Waals surface area contributed by atoms with Crippen molar-refractivity contribution in [3.8, 4) is 5.75 Å². The number of thioether (sulfide) groups is 1. The van der Waals surface area contributed by atoms with Crippen molar-refractivity contribution in [1.82, 2.24) is 0 Å². The first kappa shape index (κ1) is 17.8. The lowest BCUT2D eigenvalue weighted by molar-refractivity contribution is -0.139. The normalized spacial score (nSPS) is 11.7. The van der Waals surface area contributed by atoms with Crippen LogP contribution in [0.3, 0.4) is 0 Å². The molecule has 0 saturated carbocycles. The third-order valence-electron chi connectivity index (χ3n) is 2.80. The average molecular weight is 377 g/mol. The van der Waals surface area contributed by atoms with Crippen molar-refractivity contribution in [2.24, 2.45) is 0 Å². The van der Waals surface area contributed by atoms with Gasteiger partial charge >= 0.3 is 11.9 Å². The highest BCUT2D eigenvalue weighted by Crippen LogP contribution is 2.31. The molecule has 0 aliphatic heterocycles. The van der Waals surface area contributed by atoms with E-state index in [2.05, 4.69) is 20.7 Å². The van der Waals surface area contributed by atoms with Gasteiger partial charge in [-0.05, 0) is 24.6 Å². The lowest BCUT2D eigenvalue weighted by Crippen LogP contribution is -2.15. The Morgan fingerprint density at radius 1 is 1.24 bits per heavy atom. The zero-order valence-electron chi connectivity index (χ0n) is 12.3. The largest absolute Gasteiger partial charge is 0.496 e. The molecule has 21 heavy (non-hydrogen) atoms. The molecule has 1 aromatic carbocycles. The second-order valence-electron chi connectivity index (χ2n) is 4.11. The second kappa shape index (κ2) is 8.29. The van der Waals surface area contributed by atoms with Gasteiger partial charge in [-0.3, -0.25) is 4.79 Å². The van der Waals surface area contributed by atoms with Gasteiger partial charge in [-0.2, -0.15) is 0 Å². The number of carbonyl (C=O) groups is 2. The third kappa shape index (κ3) is 4.64. The lowest BCUT2D eigenvalue weighted by Gasteiger charge is -2.13. The molecule has 0 N–H and O–H groups in total. The molecule has 0 amide bonds. The molecule has 0 aromatic heterocycles. The molecule has 0 fully saturated rings. The van der Waals surface area contributed by atoms with Gasteiger partial charge in [0.2, 0.25) is 0 Å². The Morgan fingerprint density at radius 3 is 2.43 bits per heavy atom. The van der Waals surface area contributed by atoms with Crippen LogP contribution in [0.5, 0.6) is 5.75 Å². The first-order valence-corrected chi connectivity index (χ1v) is 7.92. The number of benzene rings is 1. The van der Waals surface area contributed by atoms with Gasteiger partial charge in [-0.15, -0.1) is 11.8 Å². The molecule has 5 nitrogen and oxygen atoms in total. The highest BCUT2D eigenvalue weighted by Gasteiger charge is 2.18. The second-order valence-corrected chi connectivity index (χ2v) is 6.30. The number of rotatable bonds is 6. The van der Waals surface area contributed by atoms with Crippen molar-refractivity contribution in [1.29, 1.82) is 0 Å². The SMILES string of the molecule is COC(=O)c1cc(Br)c(CSC(C)C(=O)OC)cc1OC. The molecule has 1 aromatic rings. The summed E-state index contributed by atoms with van der Waals surface area (Å²) >= 11 is 4.86. The van der Waals surface area contributed by atoms with Crippen molar-refractivity contribution in [3.05, 3.63) is 27.7 Å². The van der Waals surface area contributed by atoms with E-state index in [0.29, 0.717) is 17.1 Å². The average Bonchev–Trinajstić information content (AvgIpc) is 2.51. The first-order valence-electron chi connectivity index (χ1n) is 6.08. The van der Waals surface area contributed by atoms with Gasteiger partial charge in [-0.1, -0.05) is 15.9 Å². The molecule has 0 radical (unpaired) electrons. The Labute approximate surface area is 136 Å². The predicted octanol–water partition coefficient (Wildman–Crippen LogP) is 3.04. The summed E-state index contributed by atoms with van der Waals surface area (Å²) in [5, 5.41) is -0.270. The minimum atomic E-state index is -0.463. The summed E-state index contributed by atoms with van der Waals surface area (Å²) in [6, 6.07) is 3.41. The summed E-state index contributed by atoms with van der Waals surface area (Å²) in [7, 11) is 4.17. The van der Waals surface area contributed by atoms with Gasteiger partial charge in [0.15, 0.2) is 0 Å². The Bertz CT molecular complexity index is 532. The monoisotopic (exact) mass is 376 g/mol. The fraction of sp³-hybridized carbons (Fsp3) is 0.429. The number of methoxy groups -OCH3 is 3. The van der Waals surface area contributed by atoms with E-state index < -0.39 is 5.97 Å². The highest BCUT2D eigenvalue weighted by atomic mass is 79.9. The van der Waals surface area contributed by atoms with Crippen molar-refractivity contribution in [2.75, 3.05) is 21.3 Å². The standard InChI is InChI=1S/C14H17BrO5S/c1-8(13(16)19-3)21-7-9-5-12(18-2)10(6-11(9)15)14(17)20-4/h5-6,8H,7H2,1-4H3. The lowest BCUT2D eigenvalue weighted by atomic mass is 10.1. The smallest absolute Gasteiger partial charge is 0.341 e. The molecular formula is C14H17BrO5S. The van der Waals surface area contributed by atoms with Crippen LogP contribution in [0.15, 0.2) is 16.6 Å². The van der Waals surface area contributed by atoms with Gasteiger partial charge in [0.05, 0.1) is 26.6 Å². The van der Waals surface area contributed by atoms with E-state index in [1.54, 1.807) is 19.1 Å². The Kier molecular flexibility index (Phi) is 7.04. The number of esters is 2. The maximum absolute atomic E-state index is 11.7. The summed E-state index contributed by atoms with van der Waals surface area (Å²) in [5.41, 5.74) is 1.27. The summed E-state index contributed by atoms with van der Waals surface area (Å²) in [4.78, 5) is 23.0. The number of carbonyl (C=O) groups excluding carboxylic acids is 2. The van der Waals surface area contributed by atoms with E-state index in [0.717, 1.165) is 10.0 Å². The molecule has 0 aliphatic rings. The van der Waals surface area contributed by atoms with Crippen molar-refractivity contribution in [2.45, 2.75) is 17.9 Å². The van der Waals surface area contributed by atoms with Crippen LogP contribution in [0.4, 0.5) is 0 Å². The molecule has 116 valence electrons. The van der Waals surface area contributed by atoms with Crippen molar-refractivity contribution < 1.29 is 23.8 Å². The summed E-state index contributed by atoms with van der Waals surface area (Å²) in [5.74, 6) is 0.282. The van der Waals surface area contributed by atoms with Gasteiger partial charge in [0.25, 0.3) is 0 Å². The molecule has 7 heteroatoms. The molecule has 0 saturated heterocycles. The molecule has 0 bridgehead atoms. The van der Waals surface area contributed by atoms with Crippen LogP contribution < -0.4 is 4.74 Å². The van der Waals surface area contributed by atoms with Crippen LogP contribution in [0, 0.1) is 0 Å². The third-order valence-corrected chi connectivity index (χ3v) is 4.70. The van der Waals surface area contributed by atoms with E-state index >= 15 is 0 Å². The van der Waals surface area contributed by atoms with E-state index in [-0.39, 0.29) is 11.2 Å². The summed E-state index contributed by atoms with van der Waals surface area (Å²) < 4.78 is 15.4. The quantitative estimate of drug-likeness (QED) is 0.711. The van der Waals surface area contributed by atoms with Gasteiger partial charge in [0, 0.05) is 10.2 Å². The van der Waals surface area contributed by atoms with Crippen molar-refractivity contribution >= 4 is 39.6 Å². The minimum absolute atomic E-state index is 0.269. The number of halogens is 1. The Hall–Kier alpha value is -1.21. The van der Waals surface area contributed by atoms with E-state index in [4.69, 9.17) is 9.47 Å². The zero-order valence-corrected chi connectivity index (χ0v) is 14.7. The maximum atomic E-state index is 11.7. The summed E-state index contributed by atoms with van der Waals surface area (Å²) in [6.45, 7) is 1.78. The predicted molar refractivity (Wildman–Crippen MR) is 84.8 cm³/mol. The van der Waals surface area contributed by atoms with Crippen LogP contribution >= 0.6 is 27.7 Å². The minimum Gasteiger partial charge on any atom is -0.496 e. The van der Waals surface area contributed by atoms with Crippen LogP contribution in [0.2, 0.25) is 0 Å². The molecule has 1 unspecified atom stereocenters. The number of hydrogen-bond acceptors (Lipinski definition) is 6. The topological polar surface area (TPSA) is 61.8 Å². The fourth-order valence-corrected chi connectivity index (χ4v) is 3.16. The number of hydrogen-bond donors (Lipinski definition) is 0. The first-order chi connectivity index (χ1) is 9.94. The molecule has 0 spiro atoms.